The van der Waals surface area contributed by atoms with Crippen LogP contribution in [0.1, 0.15) is 61.2 Å². The molecule has 0 radical (unpaired) electrons. The zero-order valence-electron chi connectivity index (χ0n) is 16.9. The van der Waals surface area contributed by atoms with Crippen LogP contribution >= 0.6 is 0 Å². The molecule has 3 aromatic rings. The first-order chi connectivity index (χ1) is 13.3. The Morgan fingerprint density at radius 2 is 1.96 bits per heavy atom. The number of ketones is 1. The van der Waals surface area contributed by atoms with Gasteiger partial charge in [-0.05, 0) is 73.2 Å². The molecular formula is C23H29N3O2. The van der Waals surface area contributed by atoms with Crippen molar-refractivity contribution in [3.63, 3.8) is 0 Å². The Hall–Kier alpha value is -2.53. The molecule has 0 unspecified atom stereocenters. The number of fused-ring (bicyclic) bond motifs is 1. The van der Waals surface area contributed by atoms with Crippen molar-refractivity contribution < 1.29 is 9.21 Å². The molecule has 0 saturated carbocycles. The zero-order valence-corrected chi connectivity index (χ0v) is 16.9. The molecule has 5 heteroatoms. The molecular weight excluding hydrogens is 350 g/mol. The fraction of sp³-hybridized carbons (Fsp3) is 0.435. The average Bonchev–Trinajstić information content (AvgIpc) is 3.29. The first kappa shape index (κ1) is 18.8. The Labute approximate surface area is 166 Å². The van der Waals surface area contributed by atoms with Gasteiger partial charge in [0.15, 0.2) is 5.76 Å². The van der Waals surface area contributed by atoms with Gasteiger partial charge in [0.1, 0.15) is 0 Å². The fourth-order valence-corrected chi connectivity index (χ4v) is 4.37. The minimum atomic E-state index is -0.0948. The third-order valence-electron chi connectivity index (χ3n) is 5.60. The Morgan fingerprint density at radius 3 is 2.61 bits per heavy atom. The van der Waals surface area contributed by atoms with Crippen molar-refractivity contribution in [2.45, 2.75) is 39.5 Å². The van der Waals surface area contributed by atoms with Gasteiger partial charge in [-0.2, -0.15) is 0 Å². The average molecular weight is 380 g/mol. The van der Waals surface area contributed by atoms with Crippen LogP contribution in [0.2, 0.25) is 0 Å². The van der Waals surface area contributed by atoms with Crippen molar-refractivity contribution >= 4 is 16.7 Å². The topological polar surface area (TPSA) is 64.4 Å². The van der Waals surface area contributed by atoms with Crippen molar-refractivity contribution in [2.24, 2.45) is 5.41 Å². The maximum absolute atomic E-state index is 12.7. The number of nitrogens with two attached hydrogens (primary N) is 1. The molecule has 0 atom stereocenters. The summed E-state index contributed by atoms with van der Waals surface area (Å²) in [5.41, 5.74) is 3.17. The normalized spacial score (nSPS) is 16.7. The highest BCUT2D eigenvalue weighted by Gasteiger charge is 2.26. The number of furan rings is 1. The highest BCUT2D eigenvalue weighted by Crippen LogP contribution is 2.35. The molecule has 1 aliphatic heterocycles. The van der Waals surface area contributed by atoms with Gasteiger partial charge in [0.25, 0.3) is 0 Å². The zero-order chi connectivity index (χ0) is 19.9. The standard InChI is InChI=1S/C23H29N3O2/c1-23(2,3)15-25-10-8-16(9-11-25)19-14-26(24)20-7-6-17(13-18(19)20)22(27)21-5-4-12-28-21/h4-7,12-14,16H,8-11,15,24H2,1-3H3. The van der Waals surface area contributed by atoms with Gasteiger partial charge in [0.2, 0.25) is 5.78 Å². The minimum absolute atomic E-state index is 0.0948. The lowest BCUT2D eigenvalue weighted by Crippen LogP contribution is -2.38. The highest BCUT2D eigenvalue weighted by molar-refractivity contribution is 6.09. The van der Waals surface area contributed by atoms with Crippen molar-refractivity contribution in [3.05, 3.63) is 59.7 Å². The van der Waals surface area contributed by atoms with E-state index in [9.17, 15) is 4.79 Å². The Bertz CT molecular complexity index is 971. The predicted octanol–water partition coefficient (Wildman–Crippen LogP) is 4.40. The third-order valence-corrected chi connectivity index (χ3v) is 5.60. The lowest BCUT2D eigenvalue weighted by molar-refractivity contribution is 0.101. The monoisotopic (exact) mass is 379 g/mol. The summed E-state index contributed by atoms with van der Waals surface area (Å²) in [6, 6.07) is 9.17. The van der Waals surface area contributed by atoms with E-state index in [0.29, 0.717) is 22.7 Å². The molecule has 3 heterocycles. The first-order valence-electron chi connectivity index (χ1n) is 10.0. The van der Waals surface area contributed by atoms with Crippen molar-refractivity contribution in [1.29, 1.82) is 0 Å². The number of likely N-dealkylation sites (tertiary alicyclic amines) is 1. The molecule has 0 spiro atoms. The summed E-state index contributed by atoms with van der Waals surface area (Å²) in [5.74, 6) is 6.96. The molecule has 148 valence electrons. The van der Waals surface area contributed by atoms with E-state index in [2.05, 4.69) is 25.7 Å². The molecule has 2 N–H and O–H groups in total. The van der Waals surface area contributed by atoms with E-state index in [4.69, 9.17) is 10.3 Å². The number of nitrogens with zero attached hydrogens (tertiary/aromatic N) is 2. The summed E-state index contributed by atoms with van der Waals surface area (Å²) in [6.45, 7) is 10.2. The molecule has 1 aliphatic rings. The van der Waals surface area contributed by atoms with Crippen LogP contribution in [-0.4, -0.2) is 35.0 Å². The molecule has 2 aromatic heterocycles. The van der Waals surface area contributed by atoms with Gasteiger partial charge < -0.3 is 15.2 Å². The minimum Gasteiger partial charge on any atom is -0.461 e. The van der Waals surface area contributed by atoms with E-state index in [1.165, 1.54) is 11.8 Å². The van der Waals surface area contributed by atoms with E-state index in [1.54, 1.807) is 16.8 Å². The van der Waals surface area contributed by atoms with E-state index in [1.807, 2.05) is 24.4 Å². The number of hydrogen-bond acceptors (Lipinski definition) is 4. The van der Waals surface area contributed by atoms with E-state index in [-0.39, 0.29) is 5.78 Å². The fourth-order valence-electron chi connectivity index (χ4n) is 4.37. The number of carbonyl (C=O) groups excluding carboxylic acids is 1. The van der Waals surface area contributed by atoms with Crippen molar-refractivity contribution in [3.8, 4) is 0 Å². The molecule has 28 heavy (non-hydrogen) atoms. The Morgan fingerprint density at radius 1 is 1.21 bits per heavy atom. The predicted molar refractivity (Wildman–Crippen MR) is 112 cm³/mol. The third kappa shape index (κ3) is 3.72. The molecule has 1 fully saturated rings. The Kier molecular flexibility index (Phi) is 4.79. The lowest BCUT2D eigenvalue weighted by Gasteiger charge is -2.36. The van der Waals surface area contributed by atoms with Crippen molar-refractivity contribution in [1.82, 2.24) is 9.58 Å². The van der Waals surface area contributed by atoms with E-state index >= 15 is 0 Å². The Balaban J connectivity index is 1.59. The molecule has 1 saturated heterocycles. The van der Waals surface area contributed by atoms with Crippen LogP contribution < -0.4 is 5.84 Å². The summed E-state index contributed by atoms with van der Waals surface area (Å²) < 4.78 is 6.97. The van der Waals surface area contributed by atoms with Crippen LogP contribution in [-0.2, 0) is 0 Å². The number of hydrogen-bond donors (Lipinski definition) is 1. The van der Waals surface area contributed by atoms with E-state index < -0.39 is 0 Å². The van der Waals surface area contributed by atoms with Gasteiger partial charge in [-0.25, -0.2) is 0 Å². The summed E-state index contributed by atoms with van der Waals surface area (Å²) in [6.07, 6.45) is 5.80. The molecule has 0 aliphatic carbocycles. The molecule has 5 nitrogen and oxygen atoms in total. The molecule has 0 amide bonds. The van der Waals surface area contributed by atoms with Crippen LogP contribution in [0, 0.1) is 5.41 Å². The van der Waals surface area contributed by atoms with Crippen LogP contribution in [0.3, 0.4) is 0 Å². The molecule has 0 bridgehead atoms. The summed E-state index contributed by atoms with van der Waals surface area (Å²) >= 11 is 0. The number of benzene rings is 1. The van der Waals surface area contributed by atoms with Gasteiger partial charge in [0, 0.05) is 23.7 Å². The molecule has 4 rings (SSSR count). The second-order valence-corrected chi connectivity index (χ2v) is 9.14. The largest absolute Gasteiger partial charge is 0.461 e. The van der Waals surface area contributed by atoms with Crippen LogP contribution in [0.4, 0.5) is 0 Å². The van der Waals surface area contributed by atoms with Gasteiger partial charge in [0.05, 0.1) is 11.8 Å². The van der Waals surface area contributed by atoms with Crippen LogP contribution in [0.5, 0.6) is 0 Å². The smallest absolute Gasteiger partial charge is 0.228 e. The second-order valence-electron chi connectivity index (χ2n) is 9.14. The number of rotatable bonds is 4. The van der Waals surface area contributed by atoms with Gasteiger partial charge in [-0.3, -0.25) is 9.47 Å². The summed E-state index contributed by atoms with van der Waals surface area (Å²) in [7, 11) is 0. The second kappa shape index (κ2) is 7.13. The van der Waals surface area contributed by atoms with Gasteiger partial charge in [-0.1, -0.05) is 20.8 Å². The first-order valence-corrected chi connectivity index (χ1v) is 10.0. The van der Waals surface area contributed by atoms with Crippen LogP contribution in [0.15, 0.2) is 47.2 Å². The number of nitrogen functional groups attached to an aromatic ring is 1. The van der Waals surface area contributed by atoms with Crippen LogP contribution in [0.25, 0.3) is 10.9 Å². The SMILES string of the molecule is CC(C)(C)CN1CCC(c2cn(N)c3ccc(C(=O)c4ccco4)cc23)CC1. The summed E-state index contributed by atoms with van der Waals surface area (Å²) in [5, 5.41) is 1.08. The summed E-state index contributed by atoms with van der Waals surface area (Å²) in [4.78, 5) is 15.2. The van der Waals surface area contributed by atoms with E-state index in [0.717, 1.165) is 43.4 Å². The quantitative estimate of drug-likeness (QED) is 0.539. The maximum atomic E-state index is 12.7. The van der Waals surface area contributed by atoms with Gasteiger partial charge in [-0.15, -0.1) is 0 Å². The maximum Gasteiger partial charge on any atom is 0.228 e. The highest BCUT2D eigenvalue weighted by atomic mass is 16.3. The van der Waals surface area contributed by atoms with Gasteiger partial charge >= 0.3 is 0 Å². The number of piperidine rings is 1. The number of aromatic nitrogens is 1. The van der Waals surface area contributed by atoms with Crippen molar-refractivity contribution in [2.75, 3.05) is 25.5 Å². The lowest BCUT2D eigenvalue weighted by atomic mass is 9.87. The number of carbonyl (C=O) groups is 1. The molecule has 1 aromatic carbocycles.